The molecular formula is C16H23N5O2. The van der Waals surface area contributed by atoms with Gasteiger partial charge in [-0.3, -0.25) is 0 Å². The molecule has 2 unspecified atom stereocenters. The van der Waals surface area contributed by atoms with Crippen LogP contribution in [0, 0.1) is 13.8 Å². The van der Waals surface area contributed by atoms with Crippen molar-refractivity contribution in [2.75, 3.05) is 18.6 Å². The van der Waals surface area contributed by atoms with E-state index in [2.05, 4.69) is 33.9 Å². The minimum atomic E-state index is -0.0181. The molecule has 2 atom stereocenters. The Morgan fingerprint density at radius 1 is 1.26 bits per heavy atom. The van der Waals surface area contributed by atoms with Gasteiger partial charge in [0.25, 0.3) is 0 Å². The van der Waals surface area contributed by atoms with E-state index >= 15 is 0 Å². The summed E-state index contributed by atoms with van der Waals surface area (Å²) in [6, 6.07) is 1.98. The zero-order chi connectivity index (χ0) is 16.6. The van der Waals surface area contributed by atoms with Crippen LogP contribution in [0.1, 0.15) is 55.5 Å². The molecule has 0 bridgehead atoms. The summed E-state index contributed by atoms with van der Waals surface area (Å²) >= 11 is 0. The van der Waals surface area contributed by atoms with Crippen molar-refractivity contribution in [3.8, 4) is 0 Å². The third-order valence-electron chi connectivity index (χ3n) is 4.09. The van der Waals surface area contributed by atoms with Crippen LogP contribution in [-0.4, -0.2) is 39.9 Å². The van der Waals surface area contributed by atoms with Gasteiger partial charge < -0.3 is 14.2 Å². The molecule has 3 rings (SSSR count). The number of methoxy groups -OCH3 is 1. The Kier molecular flexibility index (Phi) is 4.30. The summed E-state index contributed by atoms with van der Waals surface area (Å²) in [7, 11) is 1.73. The van der Waals surface area contributed by atoms with E-state index in [0.29, 0.717) is 11.7 Å². The van der Waals surface area contributed by atoms with Gasteiger partial charge >= 0.3 is 0 Å². The molecule has 0 aromatic carbocycles. The van der Waals surface area contributed by atoms with E-state index in [9.17, 15) is 0 Å². The van der Waals surface area contributed by atoms with Crippen LogP contribution in [-0.2, 0) is 4.74 Å². The van der Waals surface area contributed by atoms with Gasteiger partial charge in [0.2, 0.25) is 5.89 Å². The quantitative estimate of drug-likeness (QED) is 0.857. The highest BCUT2D eigenvalue weighted by molar-refractivity contribution is 5.44. The normalized spacial score (nSPS) is 21.4. The van der Waals surface area contributed by atoms with E-state index in [1.165, 1.54) is 0 Å². The first-order chi connectivity index (χ1) is 11.0. The SMILES string of the molecule is COC1CC(c2nc(C)no2)N(c2cc(C)nc(C(C)C)n2)C1. The van der Waals surface area contributed by atoms with Crippen LogP contribution < -0.4 is 4.90 Å². The zero-order valence-electron chi connectivity index (χ0n) is 14.3. The Bertz CT molecular complexity index is 685. The predicted octanol–water partition coefficient (Wildman–Crippen LogP) is 2.57. The van der Waals surface area contributed by atoms with Crippen LogP contribution in [0.5, 0.6) is 0 Å². The lowest BCUT2D eigenvalue weighted by molar-refractivity contribution is 0.117. The van der Waals surface area contributed by atoms with Crippen LogP contribution in [0.2, 0.25) is 0 Å². The Labute approximate surface area is 136 Å². The van der Waals surface area contributed by atoms with Crippen molar-refractivity contribution in [2.24, 2.45) is 0 Å². The van der Waals surface area contributed by atoms with Gasteiger partial charge in [-0.2, -0.15) is 4.98 Å². The van der Waals surface area contributed by atoms with Crippen molar-refractivity contribution < 1.29 is 9.26 Å². The number of aryl methyl sites for hydroxylation is 2. The fourth-order valence-electron chi connectivity index (χ4n) is 2.88. The van der Waals surface area contributed by atoms with Crippen molar-refractivity contribution in [2.45, 2.75) is 52.2 Å². The highest BCUT2D eigenvalue weighted by Crippen LogP contribution is 2.36. The monoisotopic (exact) mass is 317 g/mol. The van der Waals surface area contributed by atoms with E-state index in [1.54, 1.807) is 7.11 Å². The van der Waals surface area contributed by atoms with Crippen LogP contribution in [0.3, 0.4) is 0 Å². The summed E-state index contributed by atoms with van der Waals surface area (Å²) in [5.41, 5.74) is 0.958. The van der Waals surface area contributed by atoms with Gasteiger partial charge in [-0.25, -0.2) is 9.97 Å². The van der Waals surface area contributed by atoms with E-state index in [4.69, 9.17) is 14.2 Å². The van der Waals surface area contributed by atoms with Gasteiger partial charge in [-0.15, -0.1) is 0 Å². The van der Waals surface area contributed by atoms with Gasteiger partial charge in [-0.05, 0) is 13.8 Å². The standard InChI is InChI=1S/C16H23N5O2/c1-9(2)15-17-10(3)6-14(19-15)21-8-12(22-5)7-13(21)16-18-11(4)20-23-16/h6,9,12-13H,7-8H2,1-5H3. The van der Waals surface area contributed by atoms with Crippen molar-refractivity contribution in [1.29, 1.82) is 0 Å². The molecule has 2 aromatic heterocycles. The summed E-state index contributed by atoms with van der Waals surface area (Å²) in [6.07, 6.45) is 0.919. The molecule has 1 aliphatic heterocycles. The van der Waals surface area contributed by atoms with E-state index in [0.717, 1.165) is 30.3 Å². The van der Waals surface area contributed by atoms with Crippen LogP contribution >= 0.6 is 0 Å². The molecule has 0 radical (unpaired) electrons. The minimum absolute atomic E-state index is 0.0181. The van der Waals surface area contributed by atoms with Crippen LogP contribution in [0.15, 0.2) is 10.6 Å². The number of ether oxygens (including phenoxy) is 1. The third kappa shape index (κ3) is 3.19. The Morgan fingerprint density at radius 2 is 2.04 bits per heavy atom. The molecule has 0 spiro atoms. The average Bonchev–Trinajstić information content (AvgIpc) is 3.12. The van der Waals surface area contributed by atoms with Crippen LogP contribution in [0.4, 0.5) is 5.82 Å². The van der Waals surface area contributed by atoms with E-state index in [1.807, 2.05) is 19.9 Å². The van der Waals surface area contributed by atoms with Gasteiger partial charge in [0.1, 0.15) is 17.7 Å². The van der Waals surface area contributed by atoms with Crippen molar-refractivity contribution >= 4 is 5.82 Å². The van der Waals surface area contributed by atoms with Crippen LogP contribution in [0.25, 0.3) is 0 Å². The van der Waals surface area contributed by atoms with E-state index in [-0.39, 0.29) is 18.1 Å². The second-order valence-electron chi connectivity index (χ2n) is 6.32. The molecule has 23 heavy (non-hydrogen) atoms. The number of nitrogens with zero attached hydrogens (tertiary/aromatic N) is 5. The number of hydrogen-bond donors (Lipinski definition) is 0. The first kappa shape index (κ1) is 15.9. The molecule has 0 amide bonds. The molecular weight excluding hydrogens is 294 g/mol. The fourth-order valence-corrected chi connectivity index (χ4v) is 2.88. The fraction of sp³-hybridized carbons (Fsp3) is 0.625. The van der Waals surface area contributed by atoms with Crippen molar-refractivity contribution in [1.82, 2.24) is 20.1 Å². The molecule has 1 aliphatic rings. The van der Waals surface area contributed by atoms with Gasteiger partial charge in [0, 0.05) is 37.8 Å². The molecule has 7 nitrogen and oxygen atoms in total. The number of aromatic nitrogens is 4. The molecule has 1 saturated heterocycles. The van der Waals surface area contributed by atoms with Gasteiger partial charge in [-0.1, -0.05) is 19.0 Å². The first-order valence-corrected chi connectivity index (χ1v) is 7.93. The first-order valence-electron chi connectivity index (χ1n) is 7.93. The Balaban J connectivity index is 1.98. The molecule has 7 heteroatoms. The zero-order valence-corrected chi connectivity index (χ0v) is 14.3. The van der Waals surface area contributed by atoms with Crippen molar-refractivity contribution in [3.63, 3.8) is 0 Å². The molecule has 0 saturated carbocycles. The average molecular weight is 317 g/mol. The topological polar surface area (TPSA) is 77.2 Å². The second kappa shape index (κ2) is 6.23. The van der Waals surface area contributed by atoms with Gasteiger partial charge in [0.05, 0.1) is 6.10 Å². The smallest absolute Gasteiger partial charge is 0.249 e. The summed E-state index contributed by atoms with van der Waals surface area (Å²) < 4.78 is 11.0. The molecule has 0 aliphatic carbocycles. The molecule has 1 fully saturated rings. The summed E-state index contributed by atoms with van der Waals surface area (Å²) in [6.45, 7) is 8.76. The highest BCUT2D eigenvalue weighted by Gasteiger charge is 2.37. The lowest BCUT2D eigenvalue weighted by Gasteiger charge is -2.23. The number of hydrogen-bond acceptors (Lipinski definition) is 7. The maximum Gasteiger partial charge on any atom is 0.249 e. The maximum atomic E-state index is 5.55. The predicted molar refractivity (Wildman–Crippen MR) is 85.4 cm³/mol. The maximum absolute atomic E-state index is 5.55. The van der Waals surface area contributed by atoms with Gasteiger partial charge in [0.15, 0.2) is 5.82 Å². The number of rotatable bonds is 4. The van der Waals surface area contributed by atoms with E-state index < -0.39 is 0 Å². The van der Waals surface area contributed by atoms with Crippen molar-refractivity contribution in [3.05, 3.63) is 29.3 Å². The lowest BCUT2D eigenvalue weighted by atomic mass is 10.2. The Hall–Kier alpha value is -2.02. The second-order valence-corrected chi connectivity index (χ2v) is 6.32. The largest absolute Gasteiger partial charge is 0.380 e. The number of anilines is 1. The minimum Gasteiger partial charge on any atom is -0.380 e. The molecule has 3 heterocycles. The summed E-state index contributed by atoms with van der Waals surface area (Å²) in [5, 5.41) is 3.92. The highest BCUT2D eigenvalue weighted by atomic mass is 16.5. The molecule has 2 aromatic rings. The molecule has 0 N–H and O–H groups in total. The summed E-state index contributed by atoms with van der Waals surface area (Å²) in [4.78, 5) is 15.8. The Morgan fingerprint density at radius 3 is 2.65 bits per heavy atom. The summed E-state index contributed by atoms with van der Waals surface area (Å²) in [5.74, 6) is 3.27. The lowest BCUT2D eigenvalue weighted by Crippen LogP contribution is -2.26. The molecule has 124 valence electrons. The third-order valence-corrected chi connectivity index (χ3v) is 4.09.